The first kappa shape index (κ1) is 16.0. The van der Waals surface area contributed by atoms with Crippen LogP contribution in [0, 0.1) is 0 Å². The number of hydrogen-bond acceptors (Lipinski definition) is 4. The number of alkyl halides is 3. The van der Waals surface area contributed by atoms with Crippen molar-refractivity contribution in [2.75, 3.05) is 17.7 Å². The Kier molecular flexibility index (Phi) is 4.72. The molecule has 0 aliphatic carbocycles. The molecular formula is C12H9Br2F3N4. The van der Waals surface area contributed by atoms with Crippen molar-refractivity contribution in [2.24, 2.45) is 0 Å². The molecule has 0 radical (unpaired) electrons. The Hall–Kier alpha value is -1.35. The zero-order valence-corrected chi connectivity index (χ0v) is 13.8. The summed E-state index contributed by atoms with van der Waals surface area (Å²) in [7, 11) is 1.65. The van der Waals surface area contributed by atoms with E-state index in [0.29, 0.717) is 20.7 Å². The molecule has 4 nitrogen and oxygen atoms in total. The predicted octanol–water partition coefficient (Wildman–Crippen LogP) is 4.81. The van der Waals surface area contributed by atoms with Crippen molar-refractivity contribution in [3.8, 4) is 0 Å². The van der Waals surface area contributed by atoms with E-state index in [1.165, 1.54) is 12.3 Å². The molecule has 0 aliphatic rings. The van der Waals surface area contributed by atoms with Crippen LogP contribution in [-0.2, 0) is 6.18 Å². The largest absolute Gasteiger partial charge is 0.416 e. The molecule has 0 spiro atoms. The summed E-state index contributed by atoms with van der Waals surface area (Å²) in [5.74, 6) is 0.707. The van der Waals surface area contributed by atoms with Gasteiger partial charge in [0.25, 0.3) is 0 Å². The van der Waals surface area contributed by atoms with Gasteiger partial charge in [0.1, 0.15) is 5.82 Å². The van der Waals surface area contributed by atoms with Crippen LogP contribution in [0.2, 0.25) is 0 Å². The maximum absolute atomic E-state index is 12.7. The van der Waals surface area contributed by atoms with Crippen LogP contribution in [-0.4, -0.2) is 17.0 Å². The Bertz CT molecular complexity index is 661. The van der Waals surface area contributed by atoms with Gasteiger partial charge in [0.2, 0.25) is 5.95 Å². The summed E-state index contributed by atoms with van der Waals surface area (Å²) in [4.78, 5) is 8.11. The Morgan fingerprint density at radius 2 is 1.86 bits per heavy atom. The van der Waals surface area contributed by atoms with Gasteiger partial charge in [-0.05, 0) is 50.1 Å². The van der Waals surface area contributed by atoms with E-state index in [9.17, 15) is 13.2 Å². The highest BCUT2D eigenvalue weighted by atomic mass is 79.9. The molecule has 0 saturated carbocycles. The summed E-state index contributed by atoms with van der Waals surface area (Å²) in [6.07, 6.45) is -2.90. The molecule has 0 bridgehead atoms. The normalized spacial score (nSPS) is 11.3. The van der Waals surface area contributed by atoms with Gasteiger partial charge in [0, 0.05) is 17.7 Å². The molecule has 0 atom stereocenters. The topological polar surface area (TPSA) is 49.8 Å². The predicted molar refractivity (Wildman–Crippen MR) is 81.7 cm³/mol. The molecule has 2 rings (SSSR count). The first-order chi connectivity index (χ1) is 9.81. The number of rotatable bonds is 3. The van der Waals surface area contributed by atoms with Crippen LogP contribution < -0.4 is 10.6 Å². The monoisotopic (exact) mass is 424 g/mol. The zero-order valence-electron chi connectivity index (χ0n) is 10.6. The van der Waals surface area contributed by atoms with Crippen LogP contribution in [0.3, 0.4) is 0 Å². The molecule has 1 heterocycles. The van der Waals surface area contributed by atoms with Gasteiger partial charge >= 0.3 is 6.18 Å². The third-order valence-electron chi connectivity index (χ3n) is 2.51. The SMILES string of the molecule is CNc1ncc(Br)c(Nc2cc(C(F)(F)F)ccc2Br)n1. The third-order valence-corrected chi connectivity index (χ3v) is 3.79. The Morgan fingerprint density at radius 1 is 1.14 bits per heavy atom. The molecule has 0 aliphatic heterocycles. The average Bonchev–Trinajstić information content (AvgIpc) is 2.42. The fourth-order valence-electron chi connectivity index (χ4n) is 1.50. The number of hydrogen-bond donors (Lipinski definition) is 2. The van der Waals surface area contributed by atoms with Crippen molar-refractivity contribution in [3.63, 3.8) is 0 Å². The molecule has 0 amide bonds. The van der Waals surface area contributed by atoms with Crippen LogP contribution in [0.1, 0.15) is 5.56 Å². The van der Waals surface area contributed by atoms with E-state index in [0.717, 1.165) is 12.1 Å². The maximum Gasteiger partial charge on any atom is 0.416 e. The summed E-state index contributed by atoms with van der Waals surface area (Å²) < 4.78 is 39.3. The van der Waals surface area contributed by atoms with Gasteiger partial charge in [-0.25, -0.2) is 4.98 Å². The molecule has 2 aromatic rings. The number of nitrogens with one attached hydrogen (secondary N) is 2. The molecule has 0 saturated heterocycles. The lowest BCUT2D eigenvalue weighted by Crippen LogP contribution is -2.06. The number of aromatic nitrogens is 2. The highest BCUT2D eigenvalue weighted by Gasteiger charge is 2.31. The first-order valence-corrected chi connectivity index (χ1v) is 7.24. The minimum atomic E-state index is -4.41. The lowest BCUT2D eigenvalue weighted by molar-refractivity contribution is -0.137. The summed E-state index contributed by atoms with van der Waals surface area (Å²) in [5, 5.41) is 5.60. The molecule has 0 unspecified atom stereocenters. The number of benzene rings is 1. The smallest absolute Gasteiger partial charge is 0.357 e. The Morgan fingerprint density at radius 3 is 2.48 bits per heavy atom. The van der Waals surface area contributed by atoms with Gasteiger partial charge in [0.15, 0.2) is 0 Å². The second-order valence-electron chi connectivity index (χ2n) is 3.96. The zero-order chi connectivity index (χ0) is 15.6. The molecule has 112 valence electrons. The van der Waals surface area contributed by atoms with E-state index < -0.39 is 11.7 Å². The summed E-state index contributed by atoms with van der Waals surface area (Å²) in [6.45, 7) is 0. The van der Waals surface area contributed by atoms with Gasteiger partial charge in [-0.2, -0.15) is 18.2 Å². The quantitative estimate of drug-likeness (QED) is 0.741. The van der Waals surface area contributed by atoms with Gasteiger partial charge < -0.3 is 10.6 Å². The van der Waals surface area contributed by atoms with E-state index >= 15 is 0 Å². The van der Waals surface area contributed by atoms with E-state index in [4.69, 9.17) is 0 Å². The van der Waals surface area contributed by atoms with Crippen molar-refractivity contribution < 1.29 is 13.2 Å². The highest BCUT2D eigenvalue weighted by Crippen LogP contribution is 2.35. The molecule has 21 heavy (non-hydrogen) atoms. The van der Waals surface area contributed by atoms with Crippen molar-refractivity contribution in [1.82, 2.24) is 9.97 Å². The highest BCUT2D eigenvalue weighted by molar-refractivity contribution is 9.11. The third kappa shape index (κ3) is 3.85. The first-order valence-electron chi connectivity index (χ1n) is 5.65. The van der Waals surface area contributed by atoms with Gasteiger partial charge in [-0.1, -0.05) is 0 Å². The summed E-state index contributed by atoms with van der Waals surface area (Å²) >= 11 is 6.46. The van der Waals surface area contributed by atoms with Crippen LogP contribution in [0.15, 0.2) is 33.3 Å². The standard InChI is InChI=1S/C12H9Br2F3N4/c1-18-11-19-5-8(14)10(21-11)20-9-4-6(12(15,16)17)2-3-7(9)13/h2-5H,1H3,(H2,18,19,20,21). The Labute approximate surface area is 135 Å². The van der Waals surface area contributed by atoms with Gasteiger partial charge in [-0.15, -0.1) is 0 Å². The van der Waals surface area contributed by atoms with Crippen molar-refractivity contribution in [1.29, 1.82) is 0 Å². The number of anilines is 3. The van der Waals surface area contributed by atoms with Crippen LogP contribution in [0.4, 0.5) is 30.6 Å². The lowest BCUT2D eigenvalue weighted by atomic mass is 10.2. The number of nitrogens with zero attached hydrogens (tertiary/aromatic N) is 2. The van der Waals surface area contributed by atoms with E-state index in [1.807, 2.05) is 0 Å². The molecule has 1 aromatic carbocycles. The fourth-order valence-corrected chi connectivity index (χ4v) is 2.14. The molecule has 9 heteroatoms. The second-order valence-corrected chi connectivity index (χ2v) is 5.67. The minimum absolute atomic E-state index is 0.256. The van der Waals surface area contributed by atoms with E-state index in [2.05, 4.69) is 52.5 Å². The van der Waals surface area contributed by atoms with Crippen LogP contribution in [0.25, 0.3) is 0 Å². The van der Waals surface area contributed by atoms with E-state index in [-0.39, 0.29) is 5.69 Å². The average molecular weight is 426 g/mol. The van der Waals surface area contributed by atoms with Crippen molar-refractivity contribution >= 4 is 49.3 Å². The van der Waals surface area contributed by atoms with Crippen molar-refractivity contribution in [3.05, 3.63) is 38.9 Å². The maximum atomic E-state index is 12.7. The van der Waals surface area contributed by atoms with Crippen LogP contribution >= 0.6 is 31.9 Å². The fraction of sp³-hybridized carbons (Fsp3) is 0.167. The second kappa shape index (κ2) is 6.18. The minimum Gasteiger partial charge on any atom is -0.357 e. The molecule has 1 aromatic heterocycles. The molecular weight excluding hydrogens is 417 g/mol. The molecule has 0 fully saturated rings. The lowest BCUT2D eigenvalue weighted by Gasteiger charge is -2.13. The van der Waals surface area contributed by atoms with E-state index in [1.54, 1.807) is 7.05 Å². The van der Waals surface area contributed by atoms with Crippen LogP contribution in [0.5, 0.6) is 0 Å². The van der Waals surface area contributed by atoms with Gasteiger partial charge in [-0.3, -0.25) is 0 Å². The van der Waals surface area contributed by atoms with Gasteiger partial charge in [0.05, 0.1) is 15.7 Å². The number of halogens is 5. The van der Waals surface area contributed by atoms with Crippen molar-refractivity contribution in [2.45, 2.75) is 6.18 Å². The Balaban J connectivity index is 2.39. The summed E-state index contributed by atoms with van der Waals surface area (Å²) in [5.41, 5.74) is -0.488. The summed E-state index contributed by atoms with van der Waals surface area (Å²) in [6, 6.07) is 3.35. The molecule has 2 N–H and O–H groups in total.